The predicted octanol–water partition coefficient (Wildman–Crippen LogP) is 26.2. The van der Waals surface area contributed by atoms with Gasteiger partial charge in [-0.05, 0) is 64.2 Å². The monoisotopic (exact) mass is 1220 g/mol. The third-order valence-electron chi connectivity index (χ3n) is 18.7. The highest BCUT2D eigenvalue weighted by atomic mass is 16.5. The van der Waals surface area contributed by atoms with Crippen LogP contribution in [0.15, 0.2) is 36.5 Å². The highest BCUT2D eigenvalue weighted by Gasteiger charge is 2.18. The molecule has 3 N–H and O–H groups in total. The Morgan fingerprint density at radius 2 is 0.575 bits per heavy atom. The average Bonchev–Trinajstić information content (AvgIpc) is 3.53. The zero-order valence-electron chi connectivity index (χ0n) is 59.0. The van der Waals surface area contributed by atoms with Gasteiger partial charge in [-0.15, -0.1) is 0 Å². The number of rotatable bonds is 75. The molecule has 1 amide bonds. The van der Waals surface area contributed by atoms with Crippen molar-refractivity contribution in [3.8, 4) is 0 Å². The Bertz CT molecular complexity index is 1410. The number of aliphatic hydroxyl groups excluding tert-OH is 2. The summed E-state index contributed by atoms with van der Waals surface area (Å²) >= 11 is 0. The Morgan fingerprint density at radius 1 is 0.322 bits per heavy atom. The van der Waals surface area contributed by atoms with Crippen molar-refractivity contribution in [2.45, 2.75) is 456 Å². The summed E-state index contributed by atoms with van der Waals surface area (Å²) in [6.07, 6.45) is 99.8. The first-order chi connectivity index (χ1) is 43.0. The number of esters is 1. The summed E-state index contributed by atoms with van der Waals surface area (Å²) in [5.41, 5.74) is 0. The third-order valence-corrected chi connectivity index (χ3v) is 18.7. The number of hydrogen-bond acceptors (Lipinski definition) is 5. The summed E-state index contributed by atoms with van der Waals surface area (Å²) in [5.74, 6) is -0.0482. The minimum absolute atomic E-state index is 0.0115. The zero-order valence-corrected chi connectivity index (χ0v) is 59.0. The van der Waals surface area contributed by atoms with Crippen LogP contribution in [0, 0.1) is 0 Å². The highest BCUT2D eigenvalue weighted by Crippen LogP contribution is 2.20. The highest BCUT2D eigenvalue weighted by molar-refractivity contribution is 5.76. The van der Waals surface area contributed by atoms with Crippen LogP contribution in [-0.4, -0.2) is 47.4 Å². The molecule has 0 aromatic rings. The first kappa shape index (κ1) is 85.1. The molecule has 0 saturated heterocycles. The molecule has 0 radical (unpaired) electrons. The minimum atomic E-state index is -0.844. The van der Waals surface area contributed by atoms with Crippen LogP contribution in [0.5, 0.6) is 0 Å². The lowest BCUT2D eigenvalue weighted by molar-refractivity contribution is -0.143. The van der Waals surface area contributed by atoms with Gasteiger partial charge in [0.25, 0.3) is 0 Å². The summed E-state index contributed by atoms with van der Waals surface area (Å²) in [5, 5.41) is 23.3. The lowest BCUT2D eigenvalue weighted by atomic mass is 10.0. The first-order valence-electron chi connectivity index (χ1n) is 39.8. The van der Waals surface area contributed by atoms with E-state index in [2.05, 4.69) is 43.5 Å². The van der Waals surface area contributed by atoms with Gasteiger partial charge in [-0.25, -0.2) is 0 Å². The summed E-state index contributed by atoms with van der Waals surface area (Å²) in [4.78, 5) is 24.7. The van der Waals surface area contributed by atoms with Gasteiger partial charge >= 0.3 is 5.97 Å². The topological polar surface area (TPSA) is 95.9 Å². The number of unbranched alkanes of at least 4 members (excludes halogenated alkanes) is 60. The molecule has 0 bridgehead atoms. The Hall–Kier alpha value is -1.92. The average molecular weight is 1220 g/mol. The van der Waals surface area contributed by atoms with Crippen molar-refractivity contribution in [2.75, 3.05) is 13.2 Å². The molecule has 6 heteroatoms. The molecule has 0 heterocycles. The summed E-state index contributed by atoms with van der Waals surface area (Å²) in [7, 11) is 0. The molecule has 0 aromatic carbocycles. The Balaban J connectivity index is 3.37. The van der Waals surface area contributed by atoms with Crippen LogP contribution in [0.25, 0.3) is 0 Å². The molecule has 514 valence electrons. The number of nitrogens with one attached hydrogen (secondary N) is 1. The molecule has 0 spiro atoms. The Morgan fingerprint density at radius 3 is 0.897 bits per heavy atom. The maximum atomic E-state index is 12.6. The van der Waals surface area contributed by atoms with Crippen LogP contribution in [0.1, 0.15) is 444 Å². The fourth-order valence-corrected chi connectivity index (χ4v) is 12.6. The van der Waals surface area contributed by atoms with E-state index < -0.39 is 12.1 Å². The van der Waals surface area contributed by atoms with Crippen molar-refractivity contribution in [1.82, 2.24) is 5.32 Å². The van der Waals surface area contributed by atoms with Crippen LogP contribution in [-0.2, 0) is 14.3 Å². The van der Waals surface area contributed by atoms with Crippen molar-refractivity contribution in [1.29, 1.82) is 0 Å². The van der Waals surface area contributed by atoms with Gasteiger partial charge in [0.15, 0.2) is 0 Å². The number of hydrogen-bond donors (Lipinski definition) is 3. The van der Waals surface area contributed by atoms with Crippen molar-refractivity contribution in [3.05, 3.63) is 36.5 Å². The largest absolute Gasteiger partial charge is 0.466 e. The van der Waals surface area contributed by atoms with E-state index in [-0.39, 0.29) is 18.5 Å². The number of carbonyl (C=O) groups is 2. The summed E-state index contributed by atoms with van der Waals surface area (Å²) < 4.78 is 5.51. The van der Waals surface area contributed by atoms with E-state index in [0.29, 0.717) is 19.4 Å². The fourth-order valence-electron chi connectivity index (χ4n) is 12.6. The second-order valence-corrected chi connectivity index (χ2v) is 27.4. The standard InChI is InChI=1S/C81H155NO5/c1-3-5-7-9-11-13-15-17-19-21-22-23-24-29-32-35-38-42-45-49-53-57-61-65-69-73-79(84)78(77-83)82-80(85)74-70-66-62-58-54-50-46-43-39-36-33-30-27-25-26-28-31-34-37-40-44-48-52-56-60-64-68-72-76-87-81(86)75-71-67-63-59-55-51-47-41-20-18-16-14-12-10-8-6-4-2/h12,14,18,20,69,73,78-79,83-84H,3-11,13,15-17,19,21-68,70-72,74-77H2,1-2H3,(H,82,85)/b14-12-,20-18-,73-69+. The van der Waals surface area contributed by atoms with Gasteiger partial charge in [0, 0.05) is 12.8 Å². The van der Waals surface area contributed by atoms with E-state index in [4.69, 9.17) is 4.74 Å². The summed E-state index contributed by atoms with van der Waals surface area (Å²) in [6, 6.07) is -0.627. The zero-order chi connectivity index (χ0) is 62.8. The molecule has 0 saturated carbocycles. The molecule has 0 aliphatic carbocycles. The molecule has 2 unspecified atom stereocenters. The van der Waals surface area contributed by atoms with Gasteiger partial charge in [-0.3, -0.25) is 9.59 Å². The third kappa shape index (κ3) is 73.0. The van der Waals surface area contributed by atoms with Gasteiger partial charge in [-0.1, -0.05) is 403 Å². The van der Waals surface area contributed by atoms with Crippen molar-refractivity contribution >= 4 is 11.9 Å². The lowest BCUT2D eigenvalue weighted by Gasteiger charge is -2.20. The van der Waals surface area contributed by atoms with E-state index in [0.717, 1.165) is 51.4 Å². The quantitative estimate of drug-likeness (QED) is 0.0320. The molecule has 0 fully saturated rings. The number of ether oxygens (including phenoxy) is 1. The van der Waals surface area contributed by atoms with E-state index in [1.54, 1.807) is 6.08 Å². The van der Waals surface area contributed by atoms with Crippen molar-refractivity contribution in [3.63, 3.8) is 0 Å². The summed E-state index contributed by atoms with van der Waals surface area (Å²) in [6.45, 7) is 4.93. The van der Waals surface area contributed by atoms with E-state index in [1.807, 2.05) is 6.08 Å². The molecular formula is C81H155NO5. The SMILES string of the molecule is CCCCC/C=C\C/C=C\CCCCCCCCCC(=O)OCCCCCCCCCCCCCCCCCCCCCCCCCCCCCCC(=O)NC(CO)C(O)/C=C/CCCCCCCCCCCCCCCCCCCCCCCCC. The molecular weight excluding hydrogens is 1070 g/mol. The number of carbonyl (C=O) groups excluding carboxylic acids is 2. The molecule has 2 atom stereocenters. The van der Waals surface area contributed by atoms with Crippen LogP contribution < -0.4 is 5.32 Å². The van der Waals surface area contributed by atoms with E-state index in [1.165, 1.54) is 366 Å². The van der Waals surface area contributed by atoms with Gasteiger partial charge in [0.2, 0.25) is 5.91 Å². The maximum absolute atomic E-state index is 12.6. The predicted molar refractivity (Wildman–Crippen MR) is 384 cm³/mol. The first-order valence-corrected chi connectivity index (χ1v) is 39.8. The Labute approximate surface area is 544 Å². The smallest absolute Gasteiger partial charge is 0.305 e. The van der Waals surface area contributed by atoms with Crippen LogP contribution in [0.3, 0.4) is 0 Å². The number of amides is 1. The minimum Gasteiger partial charge on any atom is -0.466 e. The van der Waals surface area contributed by atoms with E-state index in [9.17, 15) is 19.8 Å². The van der Waals surface area contributed by atoms with Crippen molar-refractivity contribution < 1.29 is 24.5 Å². The molecule has 6 nitrogen and oxygen atoms in total. The second-order valence-electron chi connectivity index (χ2n) is 27.4. The number of aliphatic hydroxyl groups is 2. The Kier molecular flexibility index (Phi) is 74.8. The maximum Gasteiger partial charge on any atom is 0.305 e. The van der Waals surface area contributed by atoms with Crippen LogP contribution in [0.2, 0.25) is 0 Å². The molecule has 0 rings (SSSR count). The fraction of sp³-hybridized carbons (Fsp3) is 0.901. The van der Waals surface area contributed by atoms with Crippen molar-refractivity contribution in [2.24, 2.45) is 0 Å². The molecule has 0 aliphatic rings. The van der Waals surface area contributed by atoms with Gasteiger partial charge < -0.3 is 20.3 Å². The molecule has 0 aromatic heterocycles. The van der Waals surface area contributed by atoms with Gasteiger partial charge in [0.1, 0.15) is 0 Å². The normalized spacial score (nSPS) is 12.6. The number of allylic oxidation sites excluding steroid dienone is 5. The second kappa shape index (κ2) is 76.5. The van der Waals surface area contributed by atoms with Crippen LogP contribution in [0.4, 0.5) is 0 Å². The van der Waals surface area contributed by atoms with Gasteiger partial charge in [0.05, 0.1) is 25.4 Å². The lowest BCUT2D eigenvalue weighted by Crippen LogP contribution is -2.45. The van der Waals surface area contributed by atoms with Gasteiger partial charge in [-0.2, -0.15) is 0 Å². The molecule has 0 aliphatic heterocycles. The van der Waals surface area contributed by atoms with E-state index >= 15 is 0 Å². The molecule has 87 heavy (non-hydrogen) atoms. The van der Waals surface area contributed by atoms with Crippen LogP contribution >= 0.6 is 0 Å².